The van der Waals surface area contributed by atoms with Crippen molar-refractivity contribution >= 4 is 43.5 Å². The molecular formula is C15H13Br2NO2. The Balaban J connectivity index is 2.11. The normalized spacial score (nSPS) is 10.2. The Bertz CT molecular complexity index is 612. The Kier molecular flexibility index (Phi) is 5.20. The van der Waals surface area contributed by atoms with Crippen LogP contribution in [0.2, 0.25) is 0 Å². The highest BCUT2D eigenvalue weighted by molar-refractivity contribution is 9.11. The summed E-state index contributed by atoms with van der Waals surface area (Å²) in [4.78, 5) is 12.2. The van der Waals surface area contributed by atoms with Crippen molar-refractivity contribution in [1.29, 1.82) is 0 Å². The van der Waals surface area contributed by atoms with Gasteiger partial charge in [-0.15, -0.1) is 0 Å². The summed E-state index contributed by atoms with van der Waals surface area (Å²) in [6.45, 7) is 2.55. The molecule has 0 bridgehead atoms. The van der Waals surface area contributed by atoms with Crippen molar-refractivity contribution in [2.45, 2.75) is 6.92 Å². The molecule has 0 fully saturated rings. The number of anilines is 1. The van der Waals surface area contributed by atoms with Gasteiger partial charge in [-0.2, -0.15) is 0 Å². The van der Waals surface area contributed by atoms with Crippen molar-refractivity contribution < 1.29 is 9.53 Å². The minimum absolute atomic E-state index is 0.159. The van der Waals surface area contributed by atoms with E-state index in [1.807, 2.05) is 43.3 Å². The predicted octanol–water partition coefficient (Wildman–Crippen LogP) is 4.86. The van der Waals surface area contributed by atoms with Gasteiger partial charge in [-0.25, -0.2) is 0 Å². The van der Waals surface area contributed by atoms with Crippen molar-refractivity contribution in [3.63, 3.8) is 0 Å². The summed E-state index contributed by atoms with van der Waals surface area (Å²) in [6.07, 6.45) is 0. The topological polar surface area (TPSA) is 38.3 Å². The van der Waals surface area contributed by atoms with E-state index >= 15 is 0 Å². The fourth-order valence-electron chi connectivity index (χ4n) is 1.67. The van der Waals surface area contributed by atoms with Crippen LogP contribution in [0.3, 0.4) is 0 Å². The van der Waals surface area contributed by atoms with Crippen LogP contribution in [0.5, 0.6) is 5.75 Å². The van der Waals surface area contributed by atoms with Gasteiger partial charge in [0.1, 0.15) is 5.75 Å². The number of nitrogens with one attached hydrogen (secondary N) is 1. The highest BCUT2D eigenvalue weighted by atomic mass is 79.9. The fraction of sp³-hybridized carbons (Fsp3) is 0.133. The molecule has 2 aromatic carbocycles. The molecule has 2 aromatic rings. The second-order valence-electron chi connectivity index (χ2n) is 4.04. The number of hydrogen-bond acceptors (Lipinski definition) is 2. The van der Waals surface area contributed by atoms with Gasteiger partial charge in [-0.3, -0.25) is 4.79 Å². The van der Waals surface area contributed by atoms with Crippen molar-refractivity contribution in [2.24, 2.45) is 0 Å². The van der Waals surface area contributed by atoms with E-state index in [1.54, 1.807) is 6.07 Å². The predicted molar refractivity (Wildman–Crippen MR) is 87.4 cm³/mol. The van der Waals surface area contributed by atoms with Gasteiger partial charge in [-0.05, 0) is 65.3 Å². The van der Waals surface area contributed by atoms with Gasteiger partial charge in [0.25, 0.3) is 5.91 Å². The summed E-state index contributed by atoms with van der Waals surface area (Å²) in [5, 5.41) is 2.85. The molecule has 0 spiro atoms. The summed E-state index contributed by atoms with van der Waals surface area (Å²) < 4.78 is 7.02. The van der Waals surface area contributed by atoms with E-state index in [-0.39, 0.29) is 5.91 Å². The van der Waals surface area contributed by atoms with Gasteiger partial charge in [0.15, 0.2) is 0 Å². The third-order valence-electron chi connectivity index (χ3n) is 2.60. The lowest BCUT2D eigenvalue weighted by Gasteiger charge is -2.08. The number of hydrogen-bond donors (Lipinski definition) is 1. The number of carbonyl (C=O) groups excluding carboxylic acids is 1. The fourth-order valence-corrected chi connectivity index (χ4v) is 2.90. The molecule has 0 aliphatic heterocycles. The Morgan fingerprint density at radius 1 is 1.15 bits per heavy atom. The van der Waals surface area contributed by atoms with Crippen molar-refractivity contribution in [1.82, 2.24) is 0 Å². The molecule has 1 N–H and O–H groups in total. The maximum Gasteiger partial charge on any atom is 0.256 e. The van der Waals surface area contributed by atoms with Crippen LogP contribution in [-0.4, -0.2) is 12.5 Å². The van der Waals surface area contributed by atoms with Crippen LogP contribution >= 0.6 is 31.9 Å². The Morgan fingerprint density at radius 3 is 2.45 bits per heavy atom. The molecule has 104 valence electrons. The van der Waals surface area contributed by atoms with Crippen LogP contribution in [0.15, 0.2) is 51.4 Å². The molecule has 1 amide bonds. The zero-order chi connectivity index (χ0) is 14.5. The van der Waals surface area contributed by atoms with Gasteiger partial charge < -0.3 is 10.1 Å². The molecule has 0 aliphatic rings. The second kappa shape index (κ2) is 6.90. The van der Waals surface area contributed by atoms with Gasteiger partial charge in [-0.1, -0.05) is 15.9 Å². The van der Waals surface area contributed by atoms with Gasteiger partial charge >= 0.3 is 0 Å². The summed E-state index contributed by atoms with van der Waals surface area (Å²) >= 11 is 6.74. The summed E-state index contributed by atoms with van der Waals surface area (Å²) in [5.41, 5.74) is 1.32. The average Bonchev–Trinajstić information content (AvgIpc) is 2.41. The van der Waals surface area contributed by atoms with E-state index in [1.165, 1.54) is 0 Å². The maximum absolute atomic E-state index is 12.2. The number of ether oxygens (including phenoxy) is 1. The highest BCUT2D eigenvalue weighted by Gasteiger charge is 2.10. The van der Waals surface area contributed by atoms with E-state index in [4.69, 9.17) is 4.74 Å². The molecule has 0 saturated heterocycles. The number of amides is 1. The standard InChI is InChI=1S/C15H13Br2NO2/c1-2-20-12-6-4-11(5-7-12)18-15(19)13-8-3-10(16)9-14(13)17/h3-9H,2H2,1H3,(H,18,19). The van der Waals surface area contributed by atoms with E-state index in [0.29, 0.717) is 12.2 Å². The summed E-state index contributed by atoms with van der Waals surface area (Å²) in [5.74, 6) is 0.629. The molecular weight excluding hydrogens is 386 g/mol. The molecule has 0 atom stereocenters. The van der Waals surface area contributed by atoms with Crippen molar-refractivity contribution in [2.75, 3.05) is 11.9 Å². The lowest BCUT2D eigenvalue weighted by Crippen LogP contribution is -2.12. The van der Waals surface area contributed by atoms with Gasteiger partial charge in [0.05, 0.1) is 12.2 Å². The molecule has 0 saturated carbocycles. The van der Waals surface area contributed by atoms with Crippen LogP contribution in [0.1, 0.15) is 17.3 Å². The first-order valence-corrected chi connectivity index (χ1v) is 7.68. The second-order valence-corrected chi connectivity index (χ2v) is 5.81. The zero-order valence-corrected chi connectivity index (χ0v) is 14.0. The largest absolute Gasteiger partial charge is 0.494 e. The molecule has 0 radical (unpaired) electrons. The number of halogens is 2. The van der Waals surface area contributed by atoms with Crippen LogP contribution in [0, 0.1) is 0 Å². The smallest absolute Gasteiger partial charge is 0.256 e. The quantitative estimate of drug-likeness (QED) is 0.798. The van der Waals surface area contributed by atoms with Crippen molar-refractivity contribution in [3.05, 3.63) is 57.0 Å². The Morgan fingerprint density at radius 2 is 1.85 bits per heavy atom. The zero-order valence-electron chi connectivity index (χ0n) is 10.8. The molecule has 0 aliphatic carbocycles. The molecule has 0 aromatic heterocycles. The van der Waals surface area contributed by atoms with Crippen LogP contribution in [0.4, 0.5) is 5.69 Å². The SMILES string of the molecule is CCOc1ccc(NC(=O)c2ccc(Br)cc2Br)cc1. The molecule has 2 rings (SSSR count). The lowest BCUT2D eigenvalue weighted by atomic mass is 10.2. The maximum atomic E-state index is 12.2. The first-order chi connectivity index (χ1) is 9.60. The monoisotopic (exact) mass is 397 g/mol. The number of benzene rings is 2. The minimum atomic E-state index is -0.159. The Hall–Kier alpha value is -1.33. The first kappa shape index (κ1) is 15.1. The minimum Gasteiger partial charge on any atom is -0.494 e. The molecule has 3 nitrogen and oxygen atoms in total. The van der Waals surface area contributed by atoms with E-state index < -0.39 is 0 Å². The highest BCUT2D eigenvalue weighted by Crippen LogP contribution is 2.23. The van der Waals surface area contributed by atoms with E-state index in [9.17, 15) is 4.79 Å². The van der Waals surface area contributed by atoms with E-state index in [0.717, 1.165) is 20.4 Å². The molecule has 5 heteroatoms. The Labute approximate surface area is 134 Å². The van der Waals surface area contributed by atoms with Gasteiger partial charge in [0, 0.05) is 14.6 Å². The van der Waals surface area contributed by atoms with Crippen LogP contribution in [-0.2, 0) is 0 Å². The third kappa shape index (κ3) is 3.84. The lowest BCUT2D eigenvalue weighted by molar-refractivity contribution is 0.102. The summed E-state index contributed by atoms with van der Waals surface area (Å²) in [7, 11) is 0. The molecule has 0 unspecified atom stereocenters. The van der Waals surface area contributed by atoms with Crippen LogP contribution in [0.25, 0.3) is 0 Å². The van der Waals surface area contributed by atoms with Gasteiger partial charge in [0.2, 0.25) is 0 Å². The summed E-state index contributed by atoms with van der Waals surface area (Å²) in [6, 6.07) is 12.7. The van der Waals surface area contributed by atoms with Crippen LogP contribution < -0.4 is 10.1 Å². The molecule has 20 heavy (non-hydrogen) atoms. The molecule has 0 heterocycles. The number of rotatable bonds is 4. The average molecular weight is 399 g/mol. The van der Waals surface area contributed by atoms with Crippen molar-refractivity contribution in [3.8, 4) is 5.75 Å². The number of carbonyl (C=O) groups is 1. The first-order valence-electron chi connectivity index (χ1n) is 6.09. The van der Waals surface area contributed by atoms with E-state index in [2.05, 4.69) is 37.2 Å². The third-order valence-corrected chi connectivity index (χ3v) is 3.75.